The standard InChI is InChI=1S/C17H15FN2O/c18-17-4-2-1-3-14(17)6-5-13-9-16(11-19-10-13)21-12-15-7-8-20-15/h1-4,9-11,15,20H,7-8,12H2/t15-/m0/s1. The molecule has 0 bridgehead atoms. The molecule has 4 heteroatoms. The summed E-state index contributed by atoms with van der Waals surface area (Å²) in [5.74, 6) is 6.09. The Balaban J connectivity index is 1.69. The van der Waals surface area contributed by atoms with Gasteiger partial charge in [0.1, 0.15) is 18.2 Å². The smallest absolute Gasteiger partial charge is 0.138 e. The number of benzene rings is 1. The molecule has 0 saturated carbocycles. The number of hydrogen-bond donors (Lipinski definition) is 1. The zero-order chi connectivity index (χ0) is 14.5. The van der Waals surface area contributed by atoms with Crippen LogP contribution in [0.2, 0.25) is 0 Å². The van der Waals surface area contributed by atoms with E-state index in [9.17, 15) is 4.39 Å². The molecule has 2 heterocycles. The minimum Gasteiger partial charge on any atom is -0.490 e. The van der Waals surface area contributed by atoms with Gasteiger partial charge in [0.2, 0.25) is 0 Å². The van der Waals surface area contributed by atoms with E-state index in [2.05, 4.69) is 22.1 Å². The van der Waals surface area contributed by atoms with E-state index >= 15 is 0 Å². The average Bonchev–Trinajstić information content (AvgIpc) is 2.45. The molecule has 0 spiro atoms. The molecule has 1 atom stereocenters. The predicted molar refractivity (Wildman–Crippen MR) is 78.5 cm³/mol. The van der Waals surface area contributed by atoms with Crippen LogP contribution in [0.15, 0.2) is 42.7 Å². The highest BCUT2D eigenvalue weighted by molar-refractivity contribution is 5.44. The number of hydrogen-bond acceptors (Lipinski definition) is 3. The van der Waals surface area contributed by atoms with Crippen LogP contribution in [-0.2, 0) is 0 Å². The van der Waals surface area contributed by atoms with Gasteiger partial charge in [-0.25, -0.2) is 4.39 Å². The van der Waals surface area contributed by atoms with E-state index in [0.717, 1.165) is 13.0 Å². The van der Waals surface area contributed by atoms with Crippen molar-refractivity contribution in [3.63, 3.8) is 0 Å². The molecule has 2 aromatic rings. The number of pyridine rings is 1. The summed E-state index contributed by atoms with van der Waals surface area (Å²) in [4.78, 5) is 4.10. The van der Waals surface area contributed by atoms with Crippen molar-refractivity contribution >= 4 is 0 Å². The third kappa shape index (κ3) is 3.59. The summed E-state index contributed by atoms with van der Waals surface area (Å²) < 4.78 is 19.1. The molecule has 0 radical (unpaired) electrons. The lowest BCUT2D eigenvalue weighted by Crippen LogP contribution is -2.46. The first kappa shape index (κ1) is 13.6. The van der Waals surface area contributed by atoms with Crippen LogP contribution in [0, 0.1) is 17.7 Å². The Bertz CT molecular complexity index is 686. The summed E-state index contributed by atoms with van der Waals surface area (Å²) in [6.45, 7) is 1.69. The fourth-order valence-electron chi connectivity index (χ4n) is 1.96. The van der Waals surface area contributed by atoms with Gasteiger partial charge >= 0.3 is 0 Å². The van der Waals surface area contributed by atoms with Gasteiger partial charge in [0.05, 0.1) is 11.8 Å². The van der Waals surface area contributed by atoms with E-state index in [1.54, 1.807) is 30.6 Å². The second-order valence-electron chi connectivity index (χ2n) is 4.89. The monoisotopic (exact) mass is 282 g/mol. The number of nitrogens with zero attached hydrogens (tertiary/aromatic N) is 1. The lowest BCUT2D eigenvalue weighted by atomic mass is 10.1. The van der Waals surface area contributed by atoms with E-state index in [1.165, 1.54) is 6.07 Å². The summed E-state index contributed by atoms with van der Waals surface area (Å²) in [6.07, 6.45) is 4.44. The highest BCUT2D eigenvalue weighted by Crippen LogP contribution is 2.13. The number of aromatic nitrogens is 1. The van der Waals surface area contributed by atoms with Gasteiger partial charge in [-0.15, -0.1) is 0 Å². The topological polar surface area (TPSA) is 34.1 Å². The molecule has 106 valence electrons. The van der Waals surface area contributed by atoms with Gasteiger partial charge in [-0.3, -0.25) is 4.98 Å². The molecule has 1 N–H and O–H groups in total. The maximum atomic E-state index is 13.5. The van der Waals surface area contributed by atoms with Gasteiger partial charge in [-0.1, -0.05) is 24.0 Å². The Kier molecular flexibility index (Phi) is 4.13. The van der Waals surface area contributed by atoms with Crippen molar-refractivity contribution in [3.05, 3.63) is 59.7 Å². The van der Waals surface area contributed by atoms with Crippen LogP contribution in [0.1, 0.15) is 17.5 Å². The van der Waals surface area contributed by atoms with E-state index in [-0.39, 0.29) is 5.82 Å². The van der Waals surface area contributed by atoms with Crippen molar-refractivity contribution in [3.8, 4) is 17.6 Å². The molecule has 1 aromatic carbocycles. The molecule has 1 aliphatic heterocycles. The van der Waals surface area contributed by atoms with Gasteiger partial charge in [0.15, 0.2) is 0 Å². The van der Waals surface area contributed by atoms with Crippen LogP contribution in [0.25, 0.3) is 0 Å². The van der Waals surface area contributed by atoms with Crippen LogP contribution in [-0.4, -0.2) is 24.2 Å². The van der Waals surface area contributed by atoms with Crippen LogP contribution < -0.4 is 10.1 Å². The molecule has 0 aliphatic carbocycles. The zero-order valence-electron chi connectivity index (χ0n) is 11.5. The summed E-state index contributed by atoms with van der Waals surface area (Å²) in [5, 5.41) is 3.27. The summed E-state index contributed by atoms with van der Waals surface area (Å²) >= 11 is 0. The van der Waals surface area contributed by atoms with E-state index in [0.29, 0.717) is 29.5 Å². The minimum atomic E-state index is -0.318. The molecule has 3 rings (SSSR count). The number of nitrogens with one attached hydrogen (secondary N) is 1. The fraction of sp³-hybridized carbons (Fsp3) is 0.235. The van der Waals surface area contributed by atoms with Crippen molar-refractivity contribution < 1.29 is 9.13 Å². The van der Waals surface area contributed by atoms with Crippen molar-refractivity contribution in [2.75, 3.05) is 13.2 Å². The first-order valence-electron chi connectivity index (χ1n) is 6.89. The second-order valence-corrected chi connectivity index (χ2v) is 4.89. The van der Waals surface area contributed by atoms with Crippen LogP contribution >= 0.6 is 0 Å². The first-order valence-corrected chi connectivity index (χ1v) is 6.89. The normalized spacial score (nSPS) is 16.5. The van der Waals surface area contributed by atoms with Crippen molar-refractivity contribution in [2.45, 2.75) is 12.5 Å². The summed E-state index contributed by atoms with van der Waals surface area (Å²) in [5.41, 5.74) is 1.08. The Morgan fingerprint density at radius 2 is 2.14 bits per heavy atom. The SMILES string of the molecule is Fc1ccccc1C#Cc1cncc(OC[C@@H]2CCN2)c1. The largest absolute Gasteiger partial charge is 0.490 e. The molecule has 0 unspecified atom stereocenters. The van der Waals surface area contributed by atoms with Crippen molar-refractivity contribution in [1.29, 1.82) is 0 Å². The Hall–Kier alpha value is -2.38. The molecule has 21 heavy (non-hydrogen) atoms. The second kappa shape index (κ2) is 6.38. The van der Waals surface area contributed by atoms with Crippen LogP contribution in [0.3, 0.4) is 0 Å². The van der Waals surface area contributed by atoms with Gasteiger partial charge in [0, 0.05) is 17.8 Å². The molecule has 0 amide bonds. The van der Waals surface area contributed by atoms with Gasteiger partial charge < -0.3 is 10.1 Å². The third-order valence-corrected chi connectivity index (χ3v) is 3.31. The van der Waals surface area contributed by atoms with Gasteiger partial charge in [0.25, 0.3) is 0 Å². The van der Waals surface area contributed by atoms with Crippen molar-refractivity contribution in [1.82, 2.24) is 10.3 Å². The third-order valence-electron chi connectivity index (χ3n) is 3.31. The molecular formula is C17H15FN2O. The molecule has 1 saturated heterocycles. The number of ether oxygens (including phenoxy) is 1. The van der Waals surface area contributed by atoms with Gasteiger partial charge in [-0.2, -0.15) is 0 Å². The van der Waals surface area contributed by atoms with E-state index in [1.807, 2.05) is 6.07 Å². The maximum absolute atomic E-state index is 13.5. The Morgan fingerprint density at radius 3 is 2.90 bits per heavy atom. The van der Waals surface area contributed by atoms with E-state index in [4.69, 9.17) is 4.74 Å². The number of halogens is 1. The molecule has 1 aliphatic rings. The Labute approximate surface area is 123 Å². The lowest BCUT2D eigenvalue weighted by Gasteiger charge is -2.27. The molecule has 3 nitrogen and oxygen atoms in total. The Morgan fingerprint density at radius 1 is 1.29 bits per heavy atom. The van der Waals surface area contributed by atoms with Gasteiger partial charge in [-0.05, 0) is 31.2 Å². The predicted octanol–water partition coefficient (Wildman–Crippen LogP) is 2.36. The zero-order valence-corrected chi connectivity index (χ0v) is 11.5. The number of rotatable bonds is 3. The summed E-state index contributed by atoms with van der Waals surface area (Å²) in [6, 6.07) is 8.70. The van der Waals surface area contributed by atoms with Crippen LogP contribution in [0.5, 0.6) is 5.75 Å². The highest BCUT2D eigenvalue weighted by atomic mass is 19.1. The summed E-state index contributed by atoms with van der Waals surface area (Å²) in [7, 11) is 0. The molecule has 1 fully saturated rings. The van der Waals surface area contributed by atoms with Crippen molar-refractivity contribution in [2.24, 2.45) is 0 Å². The van der Waals surface area contributed by atoms with Crippen LogP contribution in [0.4, 0.5) is 4.39 Å². The highest BCUT2D eigenvalue weighted by Gasteiger charge is 2.16. The molecular weight excluding hydrogens is 267 g/mol. The van der Waals surface area contributed by atoms with E-state index < -0.39 is 0 Å². The first-order chi connectivity index (χ1) is 10.3. The lowest BCUT2D eigenvalue weighted by molar-refractivity contribution is 0.217. The fourth-order valence-corrected chi connectivity index (χ4v) is 1.96. The quantitative estimate of drug-likeness (QED) is 0.878. The molecule has 1 aromatic heterocycles. The minimum absolute atomic E-state index is 0.318. The maximum Gasteiger partial charge on any atom is 0.138 e. The average molecular weight is 282 g/mol.